The molecule has 1 aromatic rings. The van der Waals surface area contributed by atoms with Crippen molar-refractivity contribution in [1.82, 2.24) is 0 Å². The maximum absolute atomic E-state index is 13.9. The van der Waals surface area contributed by atoms with Crippen molar-refractivity contribution in [3.63, 3.8) is 0 Å². The molecule has 0 aliphatic carbocycles. The highest BCUT2D eigenvalue weighted by Crippen LogP contribution is 2.35. The van der Waals surface area contributed by atoms with E-state index in [2.05, 4.69) is 18.7 Å². The molecule has 104 valence electrons. The van der Waals surface area contributed by atoms with Crippen LogP contribution in [0, 0.1) is 11.2 Å². The van der Waals surface area contributed by atoms with Crippen LogP contribution in [0.2, 0.25) is 0 Å². The van der Waals surface area contributed by atoms with Crippen molar-refractivity contribution in [1.29, 1.82) is 0 Å². The van der Waals surface area contributed by atoms with Gasteiger partial charge in [-0.1, -0.05) is 32.5 Å². The Labute approximate surface area is 119 Å². The van der Waals surface area contributed by atoms with Crippen molar-refractivity contribution in [2.45, 2.75) is 33.1 Å². The standard InChI is InChI=1S/C15H21FN2S/c1-3-15(2)6-8-18(9-7-15)11-4-5-12(14(17)19)13(16)10-11/h4-5,10H,3,6-9H2,1-2H3,(H2,17,19). The fourth-order valence-electron chi connectivity index (χ4n) is 2.56. The van der Waals surface area contributed by atoms with Gasteiger partial charge in [0.25, 0.3) is 0 Å². The van der Waals surface area contributed by atoms with E-state index < -0.39 is 0 Å². The Bertz CT molecular complexity index is 479. The highest BCUT2D eigenvalue weighted by molar-refractivity contribution is 7.80. The molecule has 0 aromatic heterocycles. The molecule has 4 heteroatoms. The van der Waals surface area contributed by atoms with Gasteiger partial charge in [0, 0.05) is 24.3 Å². The van der Waals surface area contributed by atoms with Crippen LogP contribution in [0.25, 0.3) is 0 Å². The second-order valence-corrected chi connectivity index (χ2v) is 6.12. The Morgan fingerprint density at radius 3 is 2.53 bits per heavy atom. The quantitative estimate of drug-likeness (QED) is 0.860. The highest BCUT2D eigenvalue weighted by atomic mass is 32.1. The molecular formula is C15H21FN2S. The van der Waals surface area contributed by atoms with Gasteiger partial charge in [0.15, 0.2) is 0 Å². The molecule has 19 heavy (non-hydrogen) atoms. The summed E-state index contributed by atoms with van der Waals surface area (Å²) in [5.41, 5.74) is 7.17. The van der Waals surface area contributed by atoms with Crippen LogP contribution in [0.3, 0.4) is 0 Å². The van der Waals surface area contributed by atoms with Gasteiger partial charge in [0.1, 0.15) is 10.8 Å². The third-order valence-electron chi connectivity index (χ3n) is 4.41. The van der Waals surface area contributed by atoms with E-state index in [1.54, 1.807) is 12.1 Å². The summed E-state index contributed by atoms with van der Waals surface area (Å²) in [6.07, 6.45) is 3.51. The van der Waals surface area contributed by atoms with Crippen LogP contribution < -0.4 is 10.6 Å². The molecule has 2 N–H and O–H groups in total. The molecule has 2 rings (SSSR count). The van der Waals surface area contributed by atoms with Gasteiger partial charge >= 0.3 is 0 Å². The van der Waals surface area contributed by atoms with Gasteiger partial charge in [-0.15, -0.1) is 0 Å². The number of nitrogens with zero attached hydrogens (tertiary/aromatic N) is 1. The first kappa shape index (κ1) is 14.3. The largest absolute Gasteiger partial charge is 0.389 e. The summed E-state index contributed by atoms with van der Waals surface area (Å²) < 4.78 is 13.9. The van der Waals surface area contributed by atoms with Crippen LogP contribution in [0.5, 0.6) is 0 Å². The molecule has 1 fully saturated rings. The molecule has 0 spiro atoms. The predicted octanol–water partition coefficient (Wildman–Crippen LogP) is 3.48. The van der Waals surface area contributed by atoms with E-state index in [-0.39, 0.29) is 10.8 Å². The lowest BCUT2D eigenvalue weighted by Crippen LogP contribution is -2.38. The minimum absolute atomic E-state index is 0.112. The van der Waals surface area contributed by atoms with Crippen molar-refractivity contribution in [3.05, 3.63) is 29.6 Å². The lowest BCUT2D eigenvalue weighted by Gasteiger charge is -2.40. The van der Waals surface area contributed by atoms with Gasteiger partial charge < -0.3 is 10.6 Å². The Hall–Kier alpha value is -1.16. The van der Waals surface area contributed by atoms with E-state index in [0.29, 0.717) is 11.0 Å². The van der Waals surface area contributed by atoms with Gasteiger partial charge in [-0.2, -0.15) is 0 Å². The Balaban J connectivity index is 2.12. The summed E-state index contributed by atoms with van der Waals surface area (Å²) in [6, 6.07) is 5.13. The zero-order chi connectivity index (χ0) is 14.0. The number of rotatable bonds is 3. The maximum atomic E-state index is 13.9. The van der Waals surface area contributed by atoms with Gasteiger partial charge in [0.05, 0.1) is 0 Å². The minimum atomic E-state index is -0.325. The van der Waals surface area contributed by atoms with Crippen molar-refractivity contribution in [2.75, 3.05) is 18.0 Å². The number of piperidine rings is 1. The number of nitrogens with two attached hydrogens (primary N) is 1. The smallest absolute Gasteiger partial charge is 0.135 e. The summed E-state index contributed by atoms with van der Waals surface area (Å²) in [4.78, 5) is 2.35. The molecule has 0 radical (unpaired) electrons. The normalized spacial score (nSPS) is 18.4. The van der Waals surface area contributed by atoms with Crippen LogP contribution in [0.4, 0.5) is 10.1 Å². The average Bonchev–Trinajstić information content (AvgIpc) is 2.39. The van der Waals surface area contributed by atoms with Crippen LogP contribution in [-0.2, 0) is 0 Å². The molecule has 0 bridgehead atoms. The number of halogens is 1. The van der Waals surface area contributed by atoms with E-state index in [4.69, 9.17) is 18.0 Å². The molecule has 1 saturated heterocycles. The van der Waals surface area contributed by atoms with E-state index in [9.17, 15) is 4.39 Å². The van der Waals surface area contributed by atoms with Crippen molar-refractivity contribution < 1.29 is 4.39 Å². The monoisotopic (exact) mass is 280 g/mol. The minimum Gasteiger partial charge on any atom is -0.389 e. The van der Waals surface area contributed by atoms with Crippen LogP contribution in [0.1, 0.15) is 38.7 Å². The number of hydrogen-bond donors (Lipinski definition) is 1. The zero-order valence-electron chi connectivity index (χ0n) is 11.6. The van der Waals surface area contributed by atoms with Crippen molar-refractivity contribution >= 4 is 22.9 Å². The molecule has 0 amide bonds. The molecule has 1 aliphatic heterocycles. The van der Waals surface area contributed by atoms with Crippen LogP contribution in [-0.4, -0.2) is 18.1 Å². The summed E-state index contributed by atoms with van der Waals surface area (Å²) in [5.74, 6) is -0.325. The first-order valence-electron chi connectivity index (χ1n) is 6.79. The third-order valence-corrected chi connectivity index (χ3v) is 4.63. The van der Waals surface area contributed by atoms with Crippen LogP contribution >= 0.6 is 12.2 Å². The first-order valence-corrected chi connectivity index (χ1v) is 7.20. The van der Waals surface area contributed by atoms with Gasteiger partial charge in [-0.25, -0.2) is 4.39 Å². The van der Waals surface area contributed by atoms with Gasteiger partial charge in [-0.05, 0) is 36.5 Å². The van der Waals surface area contributed by atoms with E-state index in [0.717, 1.165) is 31.6 Å². The predicted molar refractivity (Wildman–Crippen MR) is 82.1 cm³/mol. The summed E-state index contributed by atoms with van der Waals surface area (Å²) in [5, 5.41) is 0. The fourth-order valence-corrected chi connectivity index (χ4v) is 2.72. The lowest BCUT2D eigenvalue weighted by molar-refractivity contribution is 0.238. The molecule has 2 nitrogen and oxygen atoms in total. The number of benzene rings is 1. The highest BCUT2D eigenvalue weighted by Gasteiger charge is 2.28. The Morgan fingerprint density at radius 1 is 1.42 bits per heavy atom. The fraction of sp³-hybridized carbons (Fsp3) is 0.533. The number of thiocarbonyl (C=S) groups is 1. The molecule has 0 atom stereocenters. The molecule has 0 saturated carbocycles. The zero-order valence-corrected chi connectivity index (χ0v) is 12.4. The van der Waals surface area contributed by atoms with Gasteiger partial charge in [0.2, 0.25) is 0 Å². The molecule has 0 unspecified atom stereocenters. The number of anilines is 1. The topological polar surface area (TPSA) is 29.3 Å². The number of hydrogen-bond acceptors (Lipinski definition) is 2. The summed E-state index contributed by atoms with van der Waals surface area (Å²) in [6.45, 7) is 6.54. The molecule has 1 aliphatic rings. The first-order chi connectivity index (χ1) is 8.95. The van der Waals surface area contributed by atoms with Crippen LogP contribution in [0.15, 0.2) is 18.2 Å². The van der Waals surface area contributed by atoms with E-state index in [1.807, 2.05) is 6.07 Å². The maximum Gasteiger partial charge on any atom is 0.135 e. The second kappa shape index (κ2) is 5.45. The Morgan fingerprint density at radius 2 is 2.05 bits per heavy atom. The molecular weight excluding hydrogens is 259 g/mol. The molecule has 1 heterocycles. The summed E-state index contributed by atoms with van der Waals surface area (Å²) in [7, 11) is 0. The lowest BCUT2D eigenvalue weighted by atomic mass is 9.78. The van der Waals surface area contributed by atoms with Crippen molar-refractivity contribution in [2.24, 2.45) is 11.1 Å². The SMILES string of the molecule is CCC1(C)CCN(c2ccc(C(N)=S)c(F)c2)CC1. The van der Waals surface area contributed by atoms with E-state index in [1.165, 1.54) is 6.42 Å². The van der Waals surface area contributed by atoms with Gasteiger partial charge in [-0.3, -0.25) is 0 Å². The average molecular weight is 280 g/mol. The van der Waals surface area contributed by atoms with Crippen molar-refractivity contribution in [3.8, 4) is 0 Å². The second-order valence-electron chi connectivity index (χ2n) is 5.68. The Kier molecular flexibility index (Phi) is 4.09. The summed E-state index contributed by atoms with van der Waals surface area (Å²) >= 11 is 4.82. The molecule has 1 aromatic carbocycles. The third kappa shape index (κ3) is 3.06. The van der Waals surface area contributed by atoms with E-state index >= 15 is 0 Å².